The molecule has 0 fully saturated rings. The van der Waals surface area contributed by atoms with E-state index in [1.807, 2.05) is 11.8 Å². The Labute approximate surface area is 224 Å². The molecule has 1 atom stereocenters. The van der Waals surface area contributed by atoms with Crippen molar-refractivity contribution in [2.24, 2.45) is 5.41 Å². The maximum Gasteiger partial charge on any atom is 0.306 e. The highest BCUT2D eigenvalue weighted by Crippen LogP contribution is 2.40. The molecule has 36 heavy (non-hydrogen) atoms. The second-order valence-electron chi connectivity index (χ2n) is 11.2. The van der Waals surface area contributed by atoms with Gasteiger partial charge in [0.25, 0.3) is 0 Å². The van der Waals surface area contributed by atoms with Crippen LogP contribution in [0.15, 0.2) is 36.4 Å². The van der Waals surface area contributed by atoms with Crippen molar-refractivity contribution in [2.75, 3.05) is 18.6 Å². The van der Waals surface area contributed by atoms with Gasteiger partial charge in [0, 0.05) is 11.2 Å². The summed E-state index contributed by atoms with van der Waals surface area (Å²) in [6.07, 6.45) is 4.98. The van der Waals surface area contributed by atoms with E-state index in [0.717, 1.165) is 43.6 Å². The molecule has 0 aliphatic carbocycles. The quantitative estimate of drug-likeness (QED) is 0.222. The summed E-state index contributed by atoms with van der Waals surface area (Å²) in [7, 11) is 1.44. The van der Waals surface area contributed by atoms with Gasteiger partial charge in [-0.1, -0.05) is 71.0 Å². The molecule has 0 saturated carbocycles. The van der Waals surface area contributed by atoms with E-state index in [4.69, 9.17) is 4.74 Å². The Morgan fingerprint density at radius 1 is 0.917 bits per heavy atom. The lowest BCUT2D eigenvalue weighted by molar-refractivity contribution is -0.140. The van der Waals surface area contributed by atoms with E-state index < -0.39 is 0 Å². The van der Waals surface area contributed by atoms with E-state index >= 15 is 0 Å². The Kier molecular flexibility index (Phi) is 11.6. The van der Waals surface area contributed by atoms with Crippen molar-refractivity contribution < 1.29 is 14.6 Å². The predicted octanol–water partition coefficient (Wildman–Crippen LogP) is 7.59. The first-order chi connectivity index (χ1) is 17.0. The zero-order valence-electron chi connectivity index (χ0n) is 23.9. The zero-order valence-corrected chi connectivity index (χ0v) is 24.7. The first-order valence-corrected chi connectivity index (χ1v) is 14.7. The molecule has 0 amide bonds. The van der Waals surface area contributed by atoms with Gasteiger partial charge in [0.05, 0.1) is 19.6 Å². The number of hydrogen-bond acceptors (Lipinski definition) is 4. The second-order valence-corrected chi connectivity index (χ2v) is 12.4. The molecule has 200 valence electrons. The smallest absolute Gasteiger partial charge is 0.306 e. The van der Waals surface area contributed by atoms with Crippen LogP contribution < -0.4 is 0 Å². The van der Waals surface area contributed by atoms with Crippen molar-refractivity contribution in [3.63, 3.8) is 0 Å². The minimum absolute atomic E-state index is 0.00717. The maximum absolute atomic E-state index is 11.3. The topological polar surface area (TPSA) is 46.5 Å². The van der Waals surface area contributed by atoms with Gasteiger partial charge in [0.1, 0.15) is 0 Å². The Bertz CT molecular complexity index is 985. The summed E-state index contributed by atoms with van der Waals surface area (Å²) in [5.41, 5.74) is 8.06. The van der Waals surface area contributed by atoms with Crippen LogP contribution in [0.5, 0.6) is 0 Å². The molecule has 3 nitrogen and oxygen atoms in total. The van der Waals surface area contributed by atoms with E-state index in [1.54, 1.807) is 0 Å². The number of esters is 1. The summed E-state index contributed by atoms with van der Waals surface area (Å²) in [5, 5.41) is 10.5. The third-order valence-electron chi connectivity index (χ3n) is 7.88. The minimum Gasteiger partial charge on any atom is -0.469 e. The van der Waals surface area contributed by atoms with Crippen LogP contribution in [0.2, 0.25) is 0 Å². The van der Waals surface area contributed by atoms with E-state index in [0.29, 0.717) is 6.42 Å². The standard InChI is InChI=1S/C32H48O3S/c1-9-32(10-2,27-14-11-25(23(3)21-27)13-16-29(33)31(5,6)7)28-15-12-26(24(4)22-28)17-19-36-20-18-30(34)35-8/h11-12,14-15,21-22,29,33H,9-10,13,16-20H2,1-8H3. The number of ether oxygens (including phenoxy) is 1. The number of aryl methyl sites for hydroxylation is 4. The Morgan fingerprint density at radius 3 is 1.89 bits per heavy atom. The molecule has 0 aliphatic heterocycles. The molecule has 1 N–H and O–H groups in total. The average molecular weight is 513 g/mol. The van der Waals surface area contributed by atoms with E-state index in [9.17, 15) is 9.90 Å². The number of aliphatic hydroxyl groups is 1. The summed E-state index contributed by atoms with van der Waals surface area (Å²) >= 11 is 1.81. The van der Waals surface area contributed by atoms with Gasteiger partial charge in [-0.25, -0.2) is 0 Å². The molecule has 0 bridgehead atoms. The van der Waals surface area contributed by atoms with Crippen LogP contribution in [0.25, 0.3) is 0 Å². The number of methoxy groups -OCH3 is 1. The van der Waals surface area contributed by atoms with Crippen LogP contribution >= 0.6 is 11.8 Å². The number of rotatable bonds is 13. The second kappa shape index (κ2) is 13.7. The number of aliphatic hydroxyl groups excluding tert-OH is 1. The molecule has 1 unspecified atom stereocenters. The van der Waals surface area contributed by atoms with Gasteiger partial charge in [-0.2, -0.15) is 11.8 Å². The molecular formula is C32H48O3S. The molecule has 2 aromatic carbocycles. The van der Waals surface area contributed by atoms with Crippen LogP contribution in [0.4, 0.5) is 0 Å². The highest BCUT2D eigenvalue weighted by molar-refractivity contribution is 7.99. The molecule has 0 spiro atoms. The molecule has 0 aromatic heterocycles. The van der Waals surface area contributed by atoms with Crippen molar-refractivity contribution in [1.82, 2.24) is 0 Å². The fourth-order valence-electron chi connectivity index (χ4n) is 5.05. The van der Waals surface area contributed by atoms with Crippen molar-refractivity contribution in [3.8, 4) is 0 Å². The molecule has 2 aromatic rings. The van der Waals surface area contributed by atoms with Crippen LogP contribution in [-0.2, 0) is 27.8 Å². The average Bonchev–Trinajstić information content (AvgIpc) is 2.84. The molecule has 4 heteroatoms. The van der Waals surface area contributed by atoms with E-state index in [1.165, 1.54) is 40.5 Å². The van der Waals surface area contributed by atoms with Crippen molar-refractivity contribution in [1.29, 1.82) is 0 Å². The monoisotopic (exact) mass is 512 g/mol. The van der Waals surface area contributed by atoms with Crippen LogP contribution in [-0.4, -0.2) is 35.8 Å². The zero-order chi connectivity index (χ0) is 26.9. The molecule has 0 heterocycles. The van der Waals surface area contributed by atoms with Crippen LogP contribution in [0.3, 0.4) is 0 Å². The molecular weight excluding hydrogens is 464 g/mol. The first-order valence-electron chi connectivity index (χ1n) is 13.5. The number of hydrogen-bond donors (Lipinski definition) is 1. The van der Waals surface area contributed by atoms with Gasteiger partial charge in [-0.3, -0.25) is 4.79 Å². The molecule has 0 saturated heterocycles. The molecule has 2 rings (SSSR count). The fourth-order valence-corrected chi connectivity index (χ4v) is 5.93. The normalized spacial score (nSPS) is 13.0. The molecule has 0 aliphatic rings. The lowest BCUT2D eigenvalue weighted by atomic mass is 9.69. The number of thioether (sulfide) groups is 1. The van der Waals surface area contributed by atoms with Gasteiger partial charge in [0.15, 0.2) is 0 Å². The first kappa shape index (κ1) is 30.4. The lowest BCUT2D eigenvalue weighted by Gasteiger charge is -2.34. The number of benzene rings is 2. The summed E-state index contributed by atoms with van der Waals surface area (Å²) in [6.45, 7) is 15.3. The van der Waals surface area contributed by atoms with Crippen LogP contribution in [0.1, 0.15) is 93.7 Å². The van der Waals surface area contributed by atoms with Gasteiger partial charge < -0.3 is 9.84 Å². The third kappa shape index (κ3) is 7.86. The summed E-state index contributed by atoms with van der Waals surface area (Å²) in [5.74, 6) is 1.68. The van der Waals surface area contributed by atoms with E-state index in [-0.39, 0.29) is 22.9 Å². The summed E-state index contributed by atoms with van der Waals surface area (Å²) in [6, 6.07) is 14.0. The van der Waals surface area contributed by atoms with Gasteiger partial charge >= 0.3 is 5.97 Å². The summed E-state index contributed by atoms with van der Waals surface area (Å²) < 4.78 is 4.72. The van der Waals surface area contributed by atoms with E-state index in [2.05, 4.69) is 84.9 Å². The van der Waals surface area contributed by atoms with Gasteiger partial charge in [-0.15, -0.1) is 0 Å². The third-order valence-corrected chi connectivity index (χ3v) is 8.86. The van der Waals surface area contributed by atoms with Gasteiger partial charge in [0.2, 0.25) is 0 Å². The van der Waals surface area contributed by atoms with Crippen LogP contribution in [0, 0.1) is 19.3 Å². The fraction of sp³-hybridized carbons (Fsp3) is 0.594. The highest BCUT2D eigenvalue weighted by Gasteiger charge is 2.31. The van der Waals surface area contributed by atoms with Crippen molar-refractivity contribution in [3.05, 3.63) is 69.8 Å². The Morgan fingerprint density at radius 2 is 1.44 bits per heavy atom. The van der Waals surface area contributed by atoms with Crippen molar-refractivity contribution in [2.45, 2.75) is 98.5 Å². The maximum atomic E-state index is 11.3. The minimum atomic E-state index is -0.297. The number of carbonyl (C=O) groups is 1. The SMILES string of the molecule is CCC(CC)(c1ccc(CCSCCC(=O)OC)c(C)c1)c1ccc(CCC(O)C(C)(C)C)c(C)c1. The Balaban J connectivity index is 2.18. The predicted molar refractivity (Wildman–Crippen MR) is 155 cm³/mol. The largest absolute Gasteiger partial charge is 0.469 e. The van der Waals surface area contributed by atoms with Crippen molar-refractivity contribution >= 4 is 17.7 Å². The lowest BCUT2D eigenvalue weighted by Crippen LogP contribution is -2.27. The van der Waals surface area contributed by atoms with Gasteiger partial charge in [-0.05, 0) is 90.5 Å². The summed E-state index contributed by atoms with van der Waals surface area (Å²) in [4.78, 5) is 11.3. The number of carbonyl (C=O) groups excluding carboxylic acids is 1. The highest BCUT2D eigenvalue weighted by atomic mass is 32.2. The Hall–Kier alpha value is -1.78. The molecule has 0 radical (unpaired) electrons.